The third-order valence-corrected chi connectivity index (χ3v) is 7.30. The number of aliphatic hydroxyl groups excluding tert-OH is 1. The third kappa shape index (κ3) is 1.69. The van der Waals surface area contributed by atoms with Crippen LogP contribution in [0.1, 0.15) is 59.8 Å². The zero-order valence-electron chi connectivity index (χ0n) is 12.5. The standard InChI is InChI=1S/C17H30O/c1-10-6-5-7-13(16(10)18)15-9-12-8-14(15)11(2)17(12,3)4/h10-16,18H,5-9H2,1-4H3/t10-,11+,12-,13+,14+,15-,16+/m1/s1. The molecule has 1 heteroatoms. The Bertz CT molecular complexity index is 318. The molecule has 0 aromatic rings. The SMILES string of the molecule is C[C@@H]1CCC[C@@H]([C@H]2C[C@H]3C[C@H]2[C@H](C)C3(C)C)[C@H]1O. The van der Waals surface area contributed by atoms with Gasteiger partial charge in [-0.15, -0.1) is 0 Å². The molecule has 3 fully saturated rings. The summed E-state index contributed by atoms with van der Waals surface area (Å²) in [7, 11) is 0. The second-order valence-electron chi connectivity index (χ2n) is 8.17. The van der Waals surface area contributed by atoms with Gasteiger partial charge in [-0.2, -0.15) is 0 Å². The lowest BCUT2D eigenvalue weighted by atomic mass is 9.60. The molecule has 0 spiro atoms. The van der Waals surface area contributed by atoms with Gasteiger partial charge in [-0.1, -0.05) is 34.1 Å². The Balaban J connectivity index is 1.76. The zero-order chi connectivity index (χ0) is 13.1. The highest BCUT2D eigenvalue weighted by Gasteiger charge is 2.57. The second kappa shape index (κ2) is 4.23. The molecule has 0 aliphatic heterocycles. The van der Waals surface area contributed by atoms with Crippen LogP contribution >= 0.6 is 0 Å². The van der Waals surface area contributed by atoms with Crippen molar-refractivity contribution in [3.63, 3.8) is 0 Å². The fourth-order valence-corrected chi connectivity index (χ4v) is 5.61. The Morgan fingerprint density at radius 1 is 0.944 bits per heavy atom. The Morgan fingerprint density at radius 3 is 2.22 bits per heavy atom. The molecule has 104 valence electrons. The molecule has 3 saturated carbocycles. The molecule has 1 nitrogen and oxygen atoms in total. The van der Waals surface area contributed by atoms with Crippen molar-refractivity contribution >= 4 is 0 Å². The maximum atomic E-state index is 10.5. The predicted octanol–water partition coefficient (Wildman–Crippen LogP) is 4.10. The van der Waals surface area contributed by atoms with Crippen molar-refractivity contribution < 1.29 is 5.11 Å². The summed E-state index contributed by atoms with van der Waals surface area (Å²) in [6.45, 7) is 9.66. The molecule has 0 aromatic heterocycles. The molecule has 0 unspecified atom stereocenters. The van der Waals surface area contributed by atoms with Crippen molar-refractivity contribution in [3.8, 4) is 0 Å². The van der Waals surface area contributed by atoms with Gasteiger partial charge in [0.05, 0.1) is 6.10 Å². The van der Waals surface area contributed by atoms with E-state index in [1.807, 2.05) is 0 Å². The lowest BCUT2D eigenvalue weighted by Crippen LogP contribution is -2.42. The van der Waals surface area contributed by atoms with E-state index in [0.717, 1.165) is 23.7 Å². The third-order valence-electron chi connectivity index (χ3n) is 7.30. The summed E-state index contributed by atoms with van der Waals surface area (Å²) in [6, 6.07) is 0. The Hall–Kier alpha value is -0.0400. The van der Waals surface area contributed by atoms with E-state index in [2.05, 4.69) is 27.7 Å². The first-order valence-electron chi connectivity index (χ1n) is 8.11. The maximum absolute atomic E-state index is 10.5. The highest BCUT2D eigenvalue weighted by atomic mass is 16.3. The van der Waals surface area contributed by atoms with E-state index in [1.54, 1.807) is 0 Å². The lowest BCUT2D eigenvalue weighted by Gasteiger charge is -2.46. The highest BCUT2D eigenvalue weighted by Crippen LogP contribution is 2.64. The number of hydrogen-bond donors (Lipinski definition) is 1. The molecule has 1 N–H and O–H groups in total. The van der Waals surface area contributed by atoms with E-state index in [-0.39, 0.29) is 6.10 Å². The summed E-state index contributed by atoms with van der Waals surface area (Å²) >= 11 is 0. The van der Waals surface area contributed by atoms with Crippen LogP contribution in [0.15, 0.2) is 0 Å². The van der Waals surface area contributed by atoms with Gasteiger partial charge in [0.2, 0.25) is 0 Å². The first-order chi connectivity index (χ1) is 8.43. The molecule has 0 amide bonds. The molecule has 3 aliphatic rings. The van der Waals surface area contributed by atoms with Gasteiger partial charge < -0.3 is 5.11 Å². The molecule has 3 aliphatic carbocycles. The smallest absolute Gasteiger partial charge is 0.0596 e. The van der Waals surface area contributed by atoms with Crippen LogP contribution in [0, 0.1) is 40.9 Å². The zero-order valence-corrected chi connectivity index (χ0v) is 12.5. The normalized spacial score (nSPS) is 54.8. The summed E-state index contributed by atoms with van der Waals surface area (Å²) in [6.07, 6.45) is 6.69. The number of fused-ring (bicyclic) bond motifs is 2. The average molecular weight is 250 g/mol. The number of aliphatic hydroxyl groups is 1. The van der Waals surface area contributed by atoms with Crippen molar-refractivity contribution in [2.24, 2.45) is 40.9 Å². The summed E-state index contributed by atoms with van der Waals surface area (Å²) < 4.78 is 0. The van der Waals surface area contributed by atoms with Crippen LogP contribution in [0.4, 0.5) is 0 Å². The number of rotatable bonds is 1. The molecular weight excluding hydrogens is 220 g/mol. The fraction of sp³-hybridized carbons (Fsp3) is 1.00. The first-order valence-corrected chi connectivity index (χ1v) is 8.11. The Kier molecular flexibility index (Phi) is 3.05. The summed E-state index contributed by atoms with van der Waals surface area (Å²) in [4.78, 5) is 0. The highest BCUT2D eigenvalue weighted by molar-refractivity contribution is 5.06. The van der Waals surface area contributed by atoms with Gasteiger partial charge in [-0.25, -0.2) is 0 Å². The van der Waals surface area contributed by atoms with Crippen LogP contribution in [-0.4, -0.2) is 11.2 Å². The van der Waals surface area contributed by atoms with Crippen molar-refractivity contribution in [2.75, 3.05) is 0 Å². The van der Waals surface area contributed by atoms with Crippen molar-refractivity contribution in [3.05, 3.63) is 0 Å². The molecule has 0 heterocycles. The molecule has 0 saturated heterocycles. The number of hydrogen-bond acceptors (Lipinski definition) is 1. The molecule has 18 heavy (non-hydrogen) atoms. The van der Waals surface area contributed by atoms with Crippen LogP contribution in [0.5, 0.6) is 0 Å². The second-order valence-corrected chi connectivity index (χ2v) is 8.17. The molecule has 2 bridgehead atoms. The van der Waals surface area contributed by atoms with Crippen molar-refractivity contribution in [1.29, 1.82) is 0 Å². The molecule has 0 aromatic carbocycles. The monoisotopic (exact) mass is 250 g/mol. The van der Waals surface area contributed by atoms with E-state index >= 15 is 0 Å². The fourth-order valence-electron chi connectivity index (χ4n) is 5.61. The average Bonchev–Trinajstić information content (AvgIpc) is 2.83. The molecule has 0 radical (unpaired) electrons. The maximum Gasteiger partial charge on any atom is 0.0596 e. The van der Waals surface area contributed by atoms with Gasteiger partial charge in [0.25, 0.3) is 0 Å². The predicted molar refractivity (Wildman–Crippen MR) is 75.2 cm³/mol. The van der Waals surface area contributed by atoms with E-state index in [9.17, 15) is 5.11 Å². The van der Waals surface area contributed by atoms with Gasteiger partial charge in [-0.3, -0.25) is 0 Å². The van der Waals surface area contributed by atoms with Crippen molar-refractivity contribution in [1.82, 2.24) is 0 Å². The minimum atomic E-state index is -0.0154. The van der Waals surface area contributed by atoms with Gasteiger partial charge in [0.15, 0.2) is 0 Å². The largest absolute Gasteiger partial charge is 0.393 e. The van der Waals surface area contributed by atoms with Crippen LogP contribution in [0.3, 0.4) is 0 Å². The van der Waals surface area contributed by atoms with Gasteiger partial charge in [-0.05, 0) is 66.6 Å². The van der Waals surface area contributed by atoms with E-state index < -0.39 is 0 Å². The Morgan fingerprint density at radius 2 is 1.61 bits per heavy atom. The van der Waals surface area contributed by atoms with Gasteiger partial charge in [0, 0.05) is 0 Å². The summed E-state index contributed by atoms with van der Waals surface area (Å²) in [5, 5.41) is 10.5. The molecule has 7 atom stereocenters. The van der Waals surface area contributed by atoms with Gasteiger partial charge >= 0.3 is 0 Å². The van der Waals surface area contributed by atoms with Crippen LogP contribution in [-0.2, 0) is 0 Å². The summed E-state index contributed by atoms with van der Waals surface area (Å²) in [5.41, 5.74) is 0.548. The van der Waals surface area contributed by atoms with E-state index in [0.29, 0.717) is 17.3 Å². The van der Waals surface area contributed by atoms with E-state index in [1.165, 1.54) is 32.1 Å². The lowest BCUT2D eigenvalue weighted by molar-refractivity contribution is -0.0365. The van der Waals surface area contributed by atoms with Crippen molar-refractivity contribution in [2.45, 2.75) is 65.9 Å². The summed E-state index contributed by atoms with van der Waals surface area (Å²) in [5.74, 6) is 4.65. The minimum absolute atomic E-state index is 0.0154. The minimum Gasteiger partial charge on any atom is -0.393 e. The van der Waals surface area contributed by atoms with Crippen LogP contribution < -0.4 is 0 Å². The Labute approximate surface area is 112 Å². The quantitative estimate of drug-likeness (QED) is 0.743. The molecular formula is C17H30O. The van der Waals surface area contributed by atoms with Crippen LogP contribution in [0.25, 0.3) is 0 Å². The van der Waals surface area contributed by atoms with Crippen LogP contribution in [0.2, 0.25) is 0 Å². The van der Waals surface area contributed by atoms with Gasteiger partial charge in [0.1, 0.15) is 0 Å². The molecule has 3 rings (SSSR count). The topological polar surface area (TPSA) is 20.2 Å². The first kappa shape index (κ1) is 13.0. The van der Waals surface area contributed by atoms with E-state index in [4.69, 9.17) is 0 Å².